The van der Waals surface area contributed by atoms with Crippen molar-refractivity contribution in [1.82, 2.24) is 5.09 Å². The third kappa shape index (κ3) is 3.47. The quantitative estimate of drug-likeness (QED) is 0.431. The van der Waals surface area contributed by atoms with Gasteiger partial charge in [-0.2, -0.15) is 0 Å². The molecular formula is C8H18BFNO3PS. The average Bonchev–Trinajstić information content (AvgIpc) is 2.47. The van der Waals surface area contributed by atoms with Gasteiger partial charge in [-0.25, -0.2) is 4.39 Å². The van der Waals surface area contributed by atoms with E-state index in [1.807, 2.05) is 0 Å². The molecule has 5 atom stereocenters. The number of rotatable bonds is 5. The van der Waals surface area contributed by atoms with Crippen molar-refractivity contribution in [2.24, 2.45) is 0 Å². The highest BCUT2D eigenvalue weighted by molar-refractivity contribution is 8.47. The Morgan fingerprint density at radius 3 is 2.81 bits per heavy atom. The number of methoxy groups -OCH3 is 1. The summed E-state index contributed by atoms with van der Waals surface area (Å²) in [4.78, 5) is 0. The number of ether oxygens (including phenoxy) is 2. The zero-order chi connectivity index (χ0) is 12.3. The van der Waals surface area contributed by atoms with Crippen LogP contribution in [0.25, 0.3) is 0 Å². The second kappa shape index (κ2) is 5.87. The topological polar surface area (TPSA) is 47.6 Å². The Labute approximate surface area is 102 Å². The molecule has 0 saturated carbocycles. The number of hydrogen-bond acceptors (Lipinski definition) is 3. The summed E-state index contributed by atoms with van der Waals surface area (Å²) in [5.74, 6) is 0. The summed E-state index contributed by atoms with van der Waals surface area (Å²) in [5, 5.41) is 2.76. The summed E-state index contributed by atoms with van der Waals surface area (Å²) >= 11 is 4.02. The van der Waals surface area contributed by atoms with E-state index in [1.165, 1.54) is 7.11 Å². The van der Waals surface area contributed by atoms with E-state index in [9.17, 15) is 8.96 Å². The minimum atomic E-state index is -2.78. The Hall–Kier alpha value is 0.455. The van der Waals surface area contributed by atoms with Gasteiger partial charge in [0.05, 0.1) is 24.8 Å². The number of alkyl halides is 1. The van der Waals surface area contributed by atoms with Gasteiger partial charge in [0.15, 0.2) is 6.49 Å². The molecule has 1 heterocycles. The molecule has 8 heteroatoms. The van der Waals surface area contributed by atoms with Crippen LogP contribution in [-0.4, -0.2) is 52.0 Å². The van der Waals surface area contributed by atoms with Crippen LogP contribution in [-0.2, 0) is 14.0 Å². The van der Waals surface area contributed by atoms with Gasteiger partial charge in [-0.05, 0) is 0 Å². The Bertz CT molecular complexity index is 286. The molecule has 0 spiro atoms. The molecule has 1 saturated heterocycles. The smallest absolute Gasteiger partial charge is 0.198 e. The maximum atomic E-state index is 13.8. The monoisotopic (exact) mass is 269 g/mol. The van der Waals surface area contributed by atoms with E-state index in [2.05, 4.69) is 17.3 Å². The van der Waals surface area contributed by atoms with Crippen LogP contribution in [0, 0.1) is 0 Å². The molecule has 0 aromatic heterocycles. The van der Waals surface area contributed by atoms with E-state index in [4.69, 9.17) is 9.47 Å². The molecule has 1 rings (SSSR count). The predicted molar refractivity (Wildman–Crippen MR) is 68.0 cm³/mol. The Balaban J connectivity index is 2.70. The Morgan fingerprint density at radius 1 is 1.69 bits per heavy atom. The highest BCUT2D eigenvalue weighted by Crippen LogP contribution is 2.47. The van der Waals surface area contributed by atoms with Gasteiger partial charge in [0, 0.05) is 13.3 Å². The normalized spacial score (nSPS) is 38.5. The fourth-order valence-corrected chi connectivity index (χ4v) is 3.08. The van der Waals surface area contributed by atoms with Crippen LogP contribution in [0.1, 0.15) is 6.92 Å². The summed E-state index contributed by atoms with van der Waals surface area (Å²) in [6.07, 6.45) is -1.23. The lowest BCUT2D eigenvalue weighted by Crippen LogP contribution is -2.42. The summed E-state index contributed by atoms with van der Waals surface area (Å²) in [6, 6.07) is -1.12. The lowest BCUT2D eigenvalue weighted by Gasteiger charge is -2.23. The maximum absolute atomic E-state index is 13.8. The summed E-state index contributed by atoms with van der Waals surface area (Å²) in [7, 11) is 3.18. The SMILES string of the molecule is B[C@@H]1O[C@H](COC)C(NP(=O)(S)CC)C1F. The molecule has 4 nitrogen and oxygen atoms in total. The third-order valence-corrected chi connectivity index (χ3v) is 5.45. The van der Waals surface area contributed by atoms with Crippen molar-refractivity contribution in [3.05, 3.63) is 0 Å². The first-order chi connectivity index (χ1) is 7.41. The van der Waals surface area contributed by atoms with Gasteiger partial charge < -0.3 is 9.47 Å². The van der Waals surface area contributed by atoms with Crippen LogP contribution in [0.3, 0.4) is 0 Å². The van der Waals surface area contributed by atoms with E-state index in [0.717, 1.165) is 0 Å². The van der Waals surface area contributed by atoms with Gasteiger partial charge in [0.1, 0.15) is 14.0 Å². The largest absolute Gasteiger partial charge is 0.382 e. The first kappa shape index (κ1) is 14.5. The Morgan fingerprint density at radius 2 is 2.31 bits per heavy atom. The van der Waals surface area contributed by atoms with Gasteiger partial charge in [0.2, 0.25) is 0 Å². The molecule has 1 aliphatic heterocycles. The van der Waals surface area contributed by atoms with Crippen molar-refractivity contribution in [1.29, 1.82) is 0 Å². The predicted octanol–water partition coefficient (Wildman–Crippen LogP) is 0.430. The van der Waals surface area contributed by atoms with Crippen molar-refractivity contribution >= 4 is 26.6 Å². The summed E-state index contributed by atoms with van der Waals surface area (Å²) < 4.78 is 36.0. The second-order valence-corrected chi connectivity index (χ2v) is 8.18. The molecule has 0 radical (unpaired) electrons. The Kier molecular flexibility index (Phi) is 5.33. The van der Waals surface area contributed by atoms with Crippen LogP contribution in [0.4, 0.5) is 4.39 Å². The summed E-state index contributed by atoms with van der Waals surface area (Å²) in [6.45, 7) is -0.752. The molecule has 0 aromatic carbocycles. The number of halogens is 1. The molecule has 0 bridgehead atoms. The fourth-order valence-electron chi connectivity index (χ4n) is 1.72. The molecule has 3 unspecified atom stereocenters. The van der Waals surface area contributed by atoms with E-state index in [-0.39, 0.29) is 6.61 Å². The zero-order valence-corrected chi connectivity index (χ0v) is 11.5. The number of nitrogens with one attached hydrogen (secondary N) is 1. The minimum Gasteiger partial charge on any atom is -0.382 e. The standard InChI is InChI=1S/C8H18BFNO3PS/c1-3-15(12,16)11-7-5(4-13-2)14-8(9)6(7)10/h5-8H,3-4,9H2,1-2H3,(H2,11,12,16)/t5-,6?,7?,8-,15?/m1/s1. The fraction of sp³-hybridized carbons (Fsp3) is 1.00. The van der Waals surface area contributed by atoms with Crippen molar-refractivity contribution < 1.29 is 18.4 Å². The third-order valence-electron chi connectivity index (χ3n) is 2.69. The highest BCUT2D eigenvalue weighted by Gasteiger charge is 2.44. The van der Waals surface area contributed by atoms with Gasteiger partial charge in [-0.1, -0.05) is 19.2 Å². The van der Waals surface area contributed by atoms with Gasteiger partial charge >= 0.3 is 0 Å². The van der Waals surface area contributed by atoms with Crippen molar-refractivity contribution in [2.45, 2.75) is 31.2 Å². The lowest BCUT2D eigenvalue weighted by molar-refractivity contribution is 0.0165. The van der Waals surface area contributed by atoms with Crippen molar-refractivity contribution in [2.75, 3.05) is 19.9 Å². The van der Waals surface area contributed by atoms with Crippen LogP contribution >= 0.6 is 18.7 Å². The molecule has 16 heavy (non-hydrogen) atoms. The first-order valence-corrected chi connectivity index (χ1v) is 8.34. The molecule has 94 valence electrons. The minimum absolute atomic E-state index is 0.278. The van der Waals surface area contributed by atoms with E-state index in [1.54, 1.807) is 14.8 Å². The first-order valence-electron chi connectivity index (χ1n) is 5.29. The molecular weight excluding hydrogens is 251 g/mol. The summed E-state index contributed by atoms with van der Waals surface area (Å²) in [5.41, 5.74) is 0. The van der Waals surface area contributed by atoms with Gasteiger partial charge in [-0.3, -0.25) is 9.65 Å². The lowest BCUT2D eigenvalue weighted by atomic mass is 9.93. The molecule has 1 N–H and O–H groups in total. The zero-order valence-electron chi connectivity index (χ0n) is 9.72. The van der Waals surface area contributed by atoms with Gasteiger partial charge in [0.25, 0.3) is 0 Å². The van der Waals surface area contributed by atoms with Crippen molar-refractivity contribution in [3.8, 4) is 0 Å². The molecule has 0 aliphatic carbocycles. The van der Waals surface area contributed by atoms with E-state index < -0.39 is 30.8 Å². The molecule has 0 amide bonds. The van der Waals surface area contributed by atoms with Crippen LogP contribution in [0.5, 0.6) is 0 Å². The van der Waals surface area contributed by atoms with Crippen LogP contribution in [0.15, 0.2) is 0 Å². The van der Waals surface area contributed by atoms with E-state index >= 15 is 0 Å². The van der Waals surface area contributed by atoms with Crippen LogP contribution in [0.2, 0.25) is 0 Å². The maximum Gasteiger partial charge on any atom is 0.198 e. The van der Waals surface area contributed by atoms with Crippen LogP contribution < -0.4 is 5.09 Å². The molecule has 1 fully saturated rings. The number of thiol groups is 1. The molecule has 1 aliphatic rings. The van der Waals surface area contributed by atoms with Crippen molar-refractivity contribution in [3.63, 3.8) is 0 Å². The van der Waals surface area contributed by atoms with Gasteiger partial charge in [-0.15, -0.1) is 0 Å². The number of hydrogen-bond donors (Lipinski definition) is 2. The average molecular weight is 269 g/mol. The molecule has 0 aromatic rings. The second-order valence-electron chi connectivity index (χ2n) is 3.95. The highest BCUT2D eigenvalue weighted by atomic mass is 32.7. The van der Waals surface area contributed by atoms with E-state index in [0.29, 0.717) is 6.16 Å².